The highest BCUT2D eigenvalue weighted by Crippen LogP contribution is 2.15. The molecule has 0 unspecified atom stereocenters. The summed E-state index contributed by atoms with van der Waals surface area (Å²) in [5.74, 6) is -0.0413. The maximum atomic E-state index is 11.7. The number of nitrogens with zero attached hydrogens (tertiary/aromatic N) is 1. The maximum Gasteiger partial charge on any atom is 0.305 e. The number of hydrogen-bond donors (Lipinski definition) is 0. The fraction of sp³-hybridized carbons (Fsp3) is 0.842. The van der Waals surface area contributed by atoms with Crippen LogP contribution in [0.1, 0.15) is 78.6 Å². The Hall–Kier alpha value is -0.830. The summed E-state index contributed by atoms with van der Waals surface area (Å²) in [7, 11) is 4.11. The minimum Gasteiger partial charge on any atom is -0.466 e. The number of rotatable bonds is 13. The molecule has 0 rings (SSSR count). The van der Waals surface area contributed by atoms with Gasteiger partial charge in [-0.15, -0.1) is 0 Å². The first-order valence-corrected chi connectivity index (χ1v) is 8.88. The van der Waals surface area contributed by atoms with E-state index in [-0.39, 0.29) is 11.5 Å². The molecule has 3 heteroatoms. The van der Waals surface area contributed by atoms with Gasteiger partial charge in [0.1, 0.15) is 0 Å². The van der Waals surface area contributed by atoms with Crippen LogP contribution in [0.3, 0.4) is 0 Å². The number of carbonyl (C=O) groups is 1. The Morgan fingerprint density at radius 2 is 1.68 bits per heavy atom. The Bertz CT molecular complexity index is 309. The van der Waals surface area contributed by atoms with Crippen molar-refractivity contribution < 1.29 is 9.53 Å². The van der Waals surface area contributed by atoms with Crippen LogP contribution in [0.4, 0.5) is 0 Å². The molecule has 0 aromatic carbocycles. The van der Waals surface area contributed by atoms with E-state index in [1.54, 1.807) is 0 Å². The molecule has 130 valence electrons. The summed E-state index contributed by atoms with van der Waals surface area (Å²) in [4.78, 5) is 13.8. The standard InChI is InChI=1S/C19H37NO2/c1-6-7-8-9-10-11-12-13-14-15-18(21)22-17-16-19(2,3)20(4)5/h7-8H,6,9-17H2,1-5H3. The van der Waals surface area contributed by atoms with Gasteiger partial charge in [-0.2, -0.15) is 0 Å². The highest BCUT2D eigenvalue weighted by atomic mass is 16.5. The first kappa shape index (κ1) is 21.2. The molecule has 22 heavy (non-hydrogen) atoms. The topological polar surface area (TPSA) is 29.5 Å². The minimum absolute atomic E-state index is 0.0413. The minimum atomic E-state index is -0.0413. The predicted molar refractivity (Wildman–Crippen MR) is 95.1 cm³/mol. The number of unbranched alkanes of at least 4 members (excludes halogenated alkanes) is 5. The third kappa shape index (κ3) is 11.8. The average Bonchev–Trinajstić information content (AvgIpc) is 2.45. The summed E-state index contributed by atoms with van der Waals surface area (Å²) in [5.41, 5.74) is 0.0759. The van der Waals surface area contributed by atoms with E-state index in [9.17, 15) is 4.79 Å². The summed E-state index contributed by atoms with van der Waals surface area (Å²) in [6.45, 7) is 7.01. The van der Waals surface area contributed by atoms with Crippen molar-refractivity contribution in [3.05, 3.63) is 12.2 Å². The number of ether oxygens (including phenoxy) is 1. The van der Waals surface area contributed by atoms with E-state index in [2.05, 4.69) is 51.9 Å². The molecule has 0 aromatic rings. The van der Waals surface area contributed by atoms with Crippen LogP contribution < -0.4 is 0 Å². The van der Waals surface area contributed by atoms with Crippen LogP contribution in [0, 0.1) is 0 Å². The van der Waals surface area contributed by atoms with Gasteiger partial charge in [0, 0.05) is 12.0 Å². The molecule has 0 atom stereocenters. The predicted octanol–water partition coefficient (Wildman–Crippen LogP) is 4.96. The molecule has 0 aliphatic rings. The Morgan fingerprint density at radius 3 is 2.32 bits per heavy atom. The Balaban J connectivity index is 3.45. The quantitative estimate of drug-likeness (QED) is 0.273. The molecule has 0 spiro atoms. The maximum absolute atomic E-state index is 11.7. The summed E-state index contributed by atoms with van der Waals surface area (Å²) in [5, 5.41) is 0. The third-order valence-corrected chi connectivity index (χ3v) is 4.34. The monoisotopic (exact) mass is 311 g/mol. The van der Waals surface area contributed by atoms with Crippen LogP contribution in [0.5, 0.6) is 0 Å². The van der Waals surface area contributed by atoms with Crippen molar-refractivity contribution in [2.24, 2.45) is 0 Å². The van der Waals surface area contributed by atoms with E-state index >= 15 is 0 Å². The van der Waals surface area contributed by atoms with Gasteiger partial charge in [0.05, 0.1) is 6.61 Å². The van der Waals surface area contributed by atoms with Crippen molar-refractivity contribution in [2.75, 3.05) is 20.7 Å². The van der Waals surface area contributed by atoms with E-state index in [1.807, 2.05) is 0 Å². The summed E-state index contributed by atoms with van der Waals surface area (Å²) in [6, 6.07) is 0. The van der Waals surface area contributed by atoms with Gasteiger partial charge in [0.25, 0.3) is 0 Å². The van der Waals surface area contributed by atoms with Gasteiger partial charge >= 0.3 is 5.97 Å². The van der Waals surface area contributed by atoms with E-state index in [1.165, 1.54) is 25.7 Å². The smallest absolute Gasteiger partial charge is 0.305 e. The number of esters is 1. The lowest BCUT2D eigenvalue weighted by molar-refractivity contribution is -0.144. The summed E-state index contributed by atoms with van der Waals surface area (Å²) < 4.78 is 5.33. The second-order valence-corrected chi connectivity index (χ2v) is 6.86. The lowest BCUT2D eigenvalue weighted by Crippen LogP contribution is -2.39. The summed E-state index contributed by atoms with van der Waals surface area (Å²) in [6.07, 6.45) is 14.1. The van der Waals surface area contributed by atoms with Gasteiger partial charge in [0.15, 0.2) is 0 Å². The number of carbonyl (C=O) groups excluding carboxylic acids is 1. The third-order valence-electron chi connectivity index (χ3n) is 4.34. The summed E-state index contributed by atoms with van der Waals surface area (Å²) >= 11 is 0. The zero-order valence-corrected chi connectivity index (χ0v) is 15.5. The zero-order chi connectivity index (χ0) is 16.8. The van der Waals surface area contributed by atoms with E-state index in [4.69, 9.17) is 4.74 Å². The van der Waals surface area contributed by atoms with Crippen molar-refractivity contribution in [1.82, 2.24) is 4.90 Å². The zero-order valence-electron chi connectivity index (χ0n) is 15.5. The fourth-order valence-electron chi connectivity index (χ4n) is 2.06. The normalized spacial score (nSPS) is 12.3. The van der Waals surface area contributed by atoms with Crippen LogP contribution in [0.25, 0.3) is 0 Å². The van der Waals surface area contributed by atoms with Crippen molar-refractivity contribution in [3.8, 4) is 0 Å². The molecule has 0 bridgehead atoms. The van der Waals surface area contributed by atoms with E-state index in [0.717, 1.165) is 25.7 Å². The average molecular weight is 312 g/mol. The first-order chi connectivity index (χ1) is 10.4. The van der Waals surface area contributed by atoms with Crippen molar-refractivity contribution in [3.63, 3.8) is 0 Å². The Kier molecular flexibility index (Phi) is 12.2. The van der Waals surface area contributed by atoms with Crippen LogP contribution >= 0.6 is 0 Å². The first-order valence-electron chi connectivity index (χ1n) is 8.88. The SMILES string of the molecule is CCC=CCCCCCCCC(=O)OCCC(C)(C)N(C)C. The van der Waals surface area contributed by atoms with Crippen LogP contribution in [0.2, 0.25) is 0 Å². The molecule has 0 radical (unpaired) electrons. The number of allylic oxidation sites excluding steroid dienone is 2. The van der Waals surface area contributed by atoms with Crippen molar-refractivity contribution in [2.45, 2.75) is 84.1 Å². The highest BCUT2D eigenvalue weighted by Gasteiger charge is 2.20. The molecule has 0 saturated heterocycles. The molecule has 0 saturated carbocycles. The molecular formula is C19H37NO2. The van der Waals surface area contributed by atoms with Crippen LogP contribution in [-0.2, 0) is 9.53 Å². The molecule has 0 N–H and O–H groups in total. The molecule has 0 aliphatic heterocycles. The molecular weight excluding hydrogens is 274 g/mol. The molecule has 0 amide bonds. The molecule has 0 heterocycles. The second kappa shape index (κ2) is 12.7. The van der Waals surface area contributed by atoms with E-state index in [0.29, 0.717) is 13.0 Å². The lowest BCUT2D eigenvalue weighted by Gasteiger charge is -2.32. The lowest BCUT2D eigenvalue weighted by atomic mass is 10.0. The Morgan fingerprint density at radius 1 is 1.05 bits per heavy atom. The molecule has 0 fully saturated rings. The van der Waals surface area contributed by atoms with Crippen molar-refractivity contribution in [1.29, 1.82) is 0 Å². The van der Waals surface area contributed by atoms with Crippen LogP contribution in [-0.4, -0.2) is 37.1 Å². The number of hydrogen-bond acceptors (Lipinski definition) is 3. The second-order valence-electron chi connectivity index (χ2n) is 6.86. The molecule has 0 aliphatic carbocycles. The highest BCUT2D eigenvalue weighted by molar-refractivity contribution is 5.69. The van der Waals surface area contributed by atoms with Crippen molar-refractivity contribution >= 4 is 5.97 Å². The van der Waals surface area contributed by atoms with Gasteiger partial charge in [-0.3, -0.25) is 4.79 Å². The molecule has 3 nitrogen and oxygen atoms in total. The Labute approximate surface area is 138 Å². The van der Waals surface area contributed by atoms with Gasteiger partial charge in [-0.05, 0) is 60.0 Å². The molecule has 0 aromatic heterocycles. The van der Waals surface area contributed by atoms with Gasteiger partial charge in [-0.1, -0.05) is 38.3 Å². The van der Waals surface area contributed by atoms with Gasteiger partial charge in [0.2, 0.25) is 0 Å². The fourth-order valence-corrected chi connectivity index (χ4v) is 2.06. The van der Waals surface area contributed by atoms with E-state index < -0.39 is 0 Å². The van der Waals surface area contributed by atoms with Gasteiger partial charge in [-0.25, -0.2) is 0 Å². The van der Waals surface area contributed by atoms with Gasteiger partial charge < -0.3 is 9.64 Å². The van der Waals surface area contributed by atoms with Crippen LogP contribution in [0.15, 0.2) is 12.2 Å². The largest absolute Gasteiger partial charge is 0.466 e.